The topological polar surface area (TPSA) is 55.1 Å². The van der Waals surface area contributed by atoms with Gasteiger partial charge in [-0.2, -0.15) is 0 Å². The van der Waals surface area contributed by atoms with E-state index >= 15 is 0 Å². The Balaban J connectivity index is 0.00000150. The second kappa shape index (κ2) is 8.42. The Labute approximate surface area is 185 Å². The van der Waals surface area contributed by atoms with Gasteiger partial charge in [0.15, 0.2) is 0 Å². The third-order valence-corrected chi connectivity index (χ3v) is 4.91. The molecule has 0 fully saturated rings. The van der Waals surface area contributed by atoms with E-state index in [0.29, 0.717) is 10.0 Å². The molecule has 0 spiro atoms. The molecule has 28 heavy (non-hydrogen) atoms. The van der Waals surface area contributed by atoms with Crippen LogP contribution in [0.5, 0.6) is 0 Å². The second-order valence-corrected chi connectivity index (χ2v) is 7.02. The van der Waals surface area contributed by atoms with Crippen LogP contribution >= 0.6 is 23.2 Å². The number of hydrogen-bond acceptors (Lipinski definition) is 2. The van der Waals surface area contributed by atoms with E-state index < -0.39 is 5.97 Å². The van der Waals surface area contributed by atoms with E-state index in [9.17, 15) is 4.79 Å². The van der Waals surface area contributed by atoms with Crippen molar-refractivity contribution in [2.24, 2.45) is 0 Å². The van der Waals surface area contributed by atoms with Crippen LogP contribution in [0.2, 0.25) is 10.0 Å². The van der Waals surface area contributed by atoms with Crippen molar-refractivity contribution in [3.63, 3.8) is 0 Å². The van der Waals surface area contributed by atoms with Crippen LogP contribution in [0, 0.1) is 0 Å². The molecule has 0 aliphatic heterocycles. The van der Waals surface area contributed by atoms with Gasteiger partial charge in [-0.25, -0.2) is 4.98 Å². The van der Waals surface area contributed by atoms with E-state index in [1.807, 2.05) is 59.2 Å². The Bertz CT molecular complexity index is 1160. The quantitative estimate of drug-likeness (QED) is 0.532. The third-order valence-electron chi connectivity index (χ3n) is 4.36. The number of hydrogen-bond donors (Lipinski definition) is 1. The van der Waals surface area contributed by atoms with Crippen molar-refractivity contribution in [3.05, 3.63) is 82.6 Å². The zero-order valence-corrected chi connectivity index (χ0v) is 16.6. The van der Waals surface area contributed by atoms with Crippen molar-refractivity contribution in [2.45, 2.75) is 6.42 Å². The number of nitrogens with zero attached hydrogens (tertiary/aromatic N) is 2. The molecule has 1 aromatic heterocycles. The van der Waals surface area contributed by atoms with E-state index in [0.717, 1.165) is 33.4 Å². The smallest absolute Gasteiger partial charge is 1.00 e. The molecule has 7 heteroatoms. The minimum absolute atomic E-state index is 0. The number of carboxylic acids is 1. The SMILES string of the molecule is O=C(O)Cc1ccc(-n2cnc3cc(-c4ccc(Cl)cc4Cl)ccc32)cc1.[H-].[Li+]. The summed E-state index contributed by atoms with van der Waals surface area (Å²) in [5.41, 5.74) is 5.34. The number of carbonyl (C=O) groups is 1. The van der Waals surface area contributed by atoms with Gasteiger partial charge in [0, 0.05) is 21.3 Å². The summed E-state index contributed by atoms with van der Waals surface area (Å²) >= 11 is 12.3. The summed E-state index contributed by atoms with van der Waals surface area (Å²) in [5.74, 6) is -0.843. The van der Waals surface area contributed by atoms with Crippen molar-refractivity contribution >= 4 is 40.2 Å². The number of aliphatic carboxylic acids is 1. The molecule has 4 aromatic rings. The van der Waals surface area contributed by atoms with Crippen molar-refractivity contribution in [1.82, 2.24) is 9.55 Å². The maximum Gasteiger partial charge on any atom is 1.00 e. The third kappa shape index (κ3) is 4.11. The van der Waals surface area contributed by atoms with Crippen LogP contribution in [-0.2, 0) is 11.2 Å². The molecular formula is C21H15Cl2LiN2O2. The van der Waals surface area contributed by atoms with E-state index in [4.69, 9.17) is 28.3 Å². The Kier molecular flexibility index (Phi) is 6.17. The van der Waals surface area contributed by atoms with Gasteiger partial charge in [-0.15, -0.1) is 0 Å². The molecule has 0 unspecified atom stereocenters. The molecule has 0 saturated heterocycles. The van der Waals surface area contributed by atoms with Gasteiger partial charge in [-0.3, -0.25) is 9.36 Å². The van der Waals surface area contributed by atoms with E-state index in [2.05, 4.69) is 4.98 Å². The molecule has 1 N–H and O–H groups in total. The number of halogens is 2. The van der Waals surface area contributed by atoms with Gasteiger partial charge in [0.25, 0.3) is 0 Å². The number of fused-ring (bicyclic) bond motifs is 1. The van der Waals surface area contributed by atoms with Crippen molar-refractivity contribution in [2.75, 3.05) is 0 Å². The zero-order chi connectivity index (χ0) is 19.0. The van der Waals surface area contributed by atoms with Crippen molar-refractivity contribution < 1.29 is 30.2 Å². The van der Waals surface area contributed by atoms with Crippen LogP contribution < -0.4 is 18.9 Å². The monoisotopic (exact) mass is 404 g/mol. The molecule has 3 aromatic carbocycles. The molecule has 0 bridgehead atoms. The fraction of sp³-hybridized carbons (Fsp3) is 0.0476. The molecule has 0 amide bonds. The Hall–Kier alpha value is -2.22. The molecule has 0 radical (unpaired) electrons. The fourth-order valence-corrected chi connectivity index (χ4v) is 3.58. The van der Waals surface area contributed by atoms with E-state index in [1.165, 1.54) is 0 Å². The molecular weight excluding hydrogens is 390 g/mol. The van der Waals surface area contributed by atoms with Crippen LogP contribution in [0.1, 0.15) is 6.99 Å². The number of aromatic nitrogens is 2. The van der Waals surface area contributed by atoms with Crippen molar-refractivity contribution in [1.29, 1.82) is 0 Å². The fourth-order valence-electron chi connectivity index (χ4n) is 3.06. The van der Waals surface area contributed by atoms with Crippen LogP contribution in [0.25, 0.3) is 27.8 Å². The Morgan fingerprint density at radius 1 is 1.04 bits per heavy atom. The maximum atomic E-state index is 10.8. The normalized spacial score (nSPS) is 10.6. The molecule has 0 aliphatic rings. The number of rotatable bonds is 4. The zero-order valence-electron chi connectivity index (χ0n) is 16.1. The largest absolute Gasteiger partial charge is 1.00 e. The summed E-state index contributed by atoms with van der Waals surface area (Å²) in [6, 6.07) is 18.8. The minimum atomic E-state index is -0.843. The average molecular weight is 405 g/mol. The van der Waals surface area contributed by atoms with E-state index in [-0.39, 0.29) is 26.7 Å². The van der Waals surface area contributed by atoms with Gasteiger partial charge in [-0.05, 0) is 47.5 Å². The minimum Gasteiger partial charge on any atom is -1.00 e. The first-order chi connectivity index (χ1) is 13.0. The molecule has 4 nitrogen and oxygen atoms in total. The molecule has 4 rings (SSSR count). The van der Waals surface area contributed by atoms with E-state index in [1.54, 1.807) is 12.4 Å². The first kappa shape index (κ1) is 20.5. The predicted molar refractivity (Wildman–Crippen MR) is 109 cm³/mol. The first-order valence-corrected chi connectivity index (χ1v) is 9.00. The predicted octanol–water partition coefficient (Wildman–Crippen LogP) is 2.74. The first-order valence-electron chi connectivity index (χ1n) is 8.25. The Morgan fingerprint density at radius 3 is 2.46 bits per heavy atom. The molecule has 0 aliphatic carbocycles. The Morgan fingerprint density at radius 2 is 1.79 bits per heavy atom. The van der Waals surface area contributed by atoms with Crippen LogP contribution in [-0.4, -0.2) is 20.6 Å². The van der Waals surface area contributed by atoms with Crippen LogP contribution in [0.4, 0.5) is 0 Å². The number of carboxylic acid groups (broad SMARTS) is 1. The van der Waals surface area contributed by atoms with Crippen LogP contribution in [0.15, 0.2) is 67.0 Å². The van der Waals surface area contributed by atoms with Gasteiger partial charge in [-0.1, -0.05) is 47.5 Å². The molecule has 0 saturated carbocycles. The number of benzene rings is 3. The van der Waals surface area contributed by atoms with Crippen molar-refractivity contribution in [3.8, 4) is 16.8 Å². The molecule has 136 valence electrons. The molecule has 0 atom stereocenters. The summed E-state index contributed by atoms with van der Waals surface area (Å²) in [5, 5.41) is 10.1. The summed E-state index contributed by atoms with van der Waals surface area (Å²) in [7, 11) is 0. The number of imidazole rings is 1. The maximum absolute atomic E-state index is 10.8. The van der Waals surface area contributed by atoms with Gasteiger partial charge in [0.05, 0.1) is 17.5 Å². The summed E-state index contributed by atoms with van der Waals surface area (Å²) in [6.45, 7) is 0. The standard InChI is InChI=1S/C21H14Cl2N2O2.Li.H/c22-15-4-7-17(18(23)11-15)14-3-8-20-19(10-14)24-12-25(20)16-5-1-13(2-6-16)9-21(26)27;;/h1-8,10-12H,9H2,(H,26,27);;/q;+1;-1. The summed E-state index contributed by atoms with van der Waals surface area (Å²) < 4.78 is 1.97. The summed E-state index contributed by atoms with van der Waals surface area (Å²) in [6.07, 6.45) is 1.76. The second-order valence-electron chi connectivity index (χ2n) is 6.18. The van der Waals surface area contributed by atoms with Gasteiger partial charge in [0.1, 0.15) is 6.33 Å². The van der Waals surface area contributed by atoms with Crippen LogP contribution in [0.3, 0.4) is 0 Å². The van der Waals surface area contributed by atoms with Gasteiger partial charge < -0.3 is 6.53 Å². The van der Waals surface area contributed by atoms with Gasteiger partial charge in [0.2, 0.25) is 0 Å². The average Bonchev–Trinajstić information content (AvgIpc) is 3.05. The summed E-state index contributed by atoms with van der Waals surface area (Å²) in [4.78, 5) is 15.3. The molecule has 1 heterocycles. The van der Waals surface area contributed by atoms with Gasteiger partial charge >= 0.3 is 24.8 Å².